The van der Waals surface area contributed by atoms with Crippen molar-refractivity contribution in [2.24, 2.45) is 5.41 Å². The Balaban J connectivity index is 1.42. The Kier molecular flexibility index (Phi) is 11.8. The summed E-state index contributed by atoms with van der Waals surface area (Å²) >= 11 is 0. The van der Waals surface area contributed by atoms with Gasteiger partial charge in [-0.1, -0.05) is 50.2 Å². The van der Waals surface area contributed by atoms with Crippen molar-refractivity contribution in [2.75, 3.05) is 43.1 Å². The minimum atomic E-state index is -0.845. The van der Waals surface area contributed by atoms with Gasteiger partial charge in [0, 0.05) is 59.7 Å². The van der Waals surface area contributed by atoms with Gasteiger partial charge >= 0.3 is 11.9 Å². The molecule has 0 saturated carbocycles. The smallest absolute Gasteiger partial charge is 0.338 e. The van der Waals surface area contributed by atoms with Crippen LogP contribution in [0.25, 0.3) is 0 Å². The van der Waals surface area contributed by atoms with Crippen LogP contribution in [0.15, 0.2) is 84.9 Å². The van der Waals surface area contributed by atoms with Crippen LogP contribution in [0, 0.1) is 5.41 Å². The predicted molar refractivity (Wildman–Crippen MR) is 188 cm³/mol. The van der Waals surface area contributed by atoms with Crippen molar-refractivity contribution in [1.82, 2.24) is 0 Å². The van der Waals surface area contributed by atoms with E-state index in [9.17, 15) is 29.4 Å². The minimum absolute atomic E-state index is 0.0243. The number of ketones is 2. The van der Waals surface area contributed by atoms with E-state index in [-0.39, 0.29) is 58.1 Å². The molecule has 4 rings (SSSR count). The molecule has 0 aliphatic heterocycles. The topological polar surface area (TPSA) is 142 Å². The molecule has 0 radical (unpaired) electrons. The highest BCUT2D eigenvalue weighted by Crippen LogP contribution is 2.29. The van der Waals surface area contributed by atoms with Gasteiger partial charge in [0.05, 0.1) is 35.5 Å². The van der Waals surface area contributed by atoms with E-state index >= 15 is 0 Å². The number of hydrogen-bond acceptors (Lipinski definition) is 10. The van der Waals surface area contributed by atoms with Crippen LogP contribution in [-0.4, -0.2) is 66.6 Å². The van der Waals surface area contributed by atoms with Gasteiger partial charge < -0.3 is 29.9 Å². The molecule has 0 fully saturated rings. The average molecular weight is 667 g/mol. The molecular weight excluding hydrogens is 624 g/mol. The van der Waals surface area contributed by atoms with Gasteiger partial charge in [0.25, 0.3) is 0 Å². The fourth-order valence-corrected chi connectivity index (χ4v) is 5.26. The van der Waals surface area contributed by atoms with Gasteiger partial charge in [-0.05, 0) is 57.2 Å². The summed E-state index contributed by atoms with van der Waals surface area (Å²) in [5.41, 5.74) is 0.883. The molecule has 256 valence electrons. The summed E-state index contributed by atoms with van der Waals surface area (Å²) in [6.07, 6.45) is 0. The Bertz CT molecular complexity index is 1840. The van der Waals surface area contributed by atoms with Crippen LogP contribution in [0.3, 0.4) is 0 Å². The predicted octanol–water partition coefficient (Wildman–Crippen LogP) is 6.88. The number of nitrogens with zero attached hydrogens (tertiary/aromatic N) is 1. The number of nitrogens with one attached hydrogen (secondary N) is 1. The van der Waals surface area contributed by atoms with E-state index in [1.165, 1.54) is 42.5 Å². The molecule has 0 bridgehead atoms. The van der Waals surface area contributed by atoms with Crippen molar-refractivity contribution < 1.29 is 38.9 Å². The third kappa shape index (κ3) is 8.64. The van der Waals surface area contributed by atoms with Crippen molar-refractivity contribution >= 4 is 34.9 Å². The summed E-state index contributed by atoms with van der Waals surface area (Å²) in [6, 6.07) is 21.8. The second-order valence-electron chi connectivity index (χ2n) is 12.2. The molecule has 3 N–H and O–H groups in total. The van der Waals surface area contributed by atoms with Crippen molar-refractivity contribution in [1.29, 1.82) is 0 Å². The molecule has 0 aromatic heterocycles. The highest BCUT2D eigenvalue weighted by Gasteiger charge is 2.28. The molecule has 0 atom stereocenters. The molecule has 4 aromatic rings. The first-order valence-electron chi connectivity index (χ1n) is 16.2. The zero-order valence-electron chi connectivity index (χ0n) is 28.4. The van der Waals surface area contributed by atoms with E-state index in [1.807, 2.05) is 25.7 Å². The number of anilines is 2. The number of carbonyl (C=O) groups is 4. The fraction of sp³-hybridized carbons (Fsp3) is 0.282. The summed E-state index contributed by atoms with van der Waals surface area (Å²) in [7, 11) is 0. The maximum absolute atomic E-state index is 13.5. The van der Waals surface area contributed by atoms with Crippen LogP contribution in [0.4, 0.5) is 11.4 Å². The van der Waals surface area contributed by atoms with E-state index in [4.69, 9.17) is 9.47 Å². The molecule has 0 aliphatic carbocycles. The number of aromatic hydroxyl groups is 2. The summed E-state index contributed by atoms with van der Waals surface area (Å²) in [5.74, 6) is -2.99. The number of hydrogen-bond donors (Lipinski definition) is 3. The maximum atomic E-state index is 13.5. The third-order valence-electron chi connectivity index (χ3n) is 7.95. The summed E-state index contributed by atoms with van der Waals surface area (Å²) in [4.78, 5) is 55.3. The lowest BCUT2D eigenvalue weighted by atomic mass is 9.95. The lowest BCUT2D eigenvalue weighted by Gasteiger charge is -2.24. The first-order valence-corrected chi connectivity index (χ1v) is 16.2. The molecule has 0 unspecified atom stereocenters. The Hall–Kier alpha value is -5.64. The van der Waals surface area contributed by atoms with Crippen LogP contribution in [0.5, 0.6) is 11.5 Å². The van der Waals surface area contributed by atoms with Gasteiger partial charge in [-0.2, -0.15) is 0 Å². The number of phenolic OH excluding ortho intramolecular Hbond substituents is 2. The van der Waals surface area contributed by atoms with Crippen LogP contribution in [-0.2, 0) is 9.47 Å². The lowest BCUT2D eigenvalue weighted by Crippen LogP contribution is -2.29. The second kappa shape index (κ2) is 16.0. The van der Waals surface area contributed by atoms with E-state index in [0.717, 1.165) is 18.8 Å². The Labute approximate surface area is 286 Å². The highest BCUT2D eigenvalue weighted by atomic mass is 16.5. The van der Waals surface area contributed by atoms with Crippen LogP contribution in [0.2, 0.25) is 0 Å². The number of esters is 2. The van der Waals surface area contributed by atoms with Crippen LogP contribution >= 0.6 is 0 Å². The van der Waals surface area contributed by atoms with Crippen molar-refractivity contribution in [3.63, 3.8) is 0 Å². The van der Waals surface area contributed by atoms with Crippen molar-refractivity contribution in [2.45, 2.75) is 34.6 Å². The first-order chi connectivity index (χ1) is 23.4. The summed E-state index contributed by atoms with van der Waals surface area (Å²) < 4.78 is 11.2. The molecule has 0 heterocycles. The summed E-state index contributed by atoms with van der Waals surface area (Å²) in [5, 5.41) is 24.2. The minimum Gasteiger partial charge on any atom is -0.507 e. The molecular formula is C39H42N2O8. The monoisotopic (exact) mass is 666 g/mol. The Morgan fingerprint density at radius 3 is 1.51 bits per heavy atom. The molecule has 0 aliphatic rings. The first kappa shape index (κ1) is 36.2. The molecule has 10 nitrogen and oxygen atoms in total. The third-order valence-corrected chi connectivity index (χ3v) is 7.95. The standard InChI is InChI=1S/C39H42N2O8/c1-6-40-25-17-19-31(33(42)21-25)35(44)27-13-9-11-15-29(27)37(46)48-23-39(4,5)24-49-38(47)30-16-12-10-14-28(30)36(45)32-20-18-26(22-34(32)43)41(7-2)8-3/h9-22,40,42-43H,6-8,23-24H2,1-5H3. The van der Waals surface area contributed by atoms with Gasteiger partial charge in [-0.3, -0.25) is 9.59 Å². The molecule has 0 saturated heterocycles. The van der Waals surface area contributed by atoms with E-state index in [0.29, 0.717) is 12.2 Å². The normalized spacial score (nSPS) is 11.0. The Morgan fingerprint density at radius 2 is 1.08 bits per heavy atom. The van der Waals surface area contributed by atoms with Gasteiger partial charge in [-0.25, -0.2) is 9.59 Å². The maximum Gasteiger partial charge on any atom is 0.338 e. The molecule has 49 heavy (non-hydrogen) atoms. The van der Waals surface area contributed by atoms with Crippen molar-refractivity contribution in [3.8, 4) is 11.5 Å². The Morgan fingerprint density at radius 1 is 0.633 bits per heavy atom. The van der Waals surface area contributed by atoms with E-state index in [1.54, 1.807) is 56.3 Å². The number of phenols is 2. The SMILES string of the molecule is CCNc1ccc(C(=O)c2ccccc2C(=O)OCC(C)(C)COC(=O)c2ccccc2C(=O)c2ccc(N(CC)CC)cc2O)c(O)c1. The number of ether oxygens (including phenoxy) is 2. The molecule has 0 amide bonds. The number of benzene rings is 4. The number of rotatable bonds is 15. The quantitative estimate of drug-likeness (QED) is 0.0908. The molecule has 4 aromatic carbocycles. The molecule has 0 spiro atoms. The number of carbonyl (C=O) groups excluding carboxylic acids is 4. The second-order valence-corrected chi connectivity index (χ2v) is 12.2. The van der Waals surface area contributed by atoms with Gasteiger partial charge in [0.2, 0.25) is 0 Å². The fourth-order valence-electron chi connectivity index (χ4n) is 5.26. The zero-order chi connectivity index (χ0) is 35.7. The van der Waals surface area contributed by atoms with Gasteiger partial charge in [0.1, 0.15) is 11.5 Å². The summed E-state index contributed by atoms with van der Waals surface area (Å²) in [6.45, 7) is 11.2. The van der Waals surface area contributed by atoms with Gasteiger partial charge in [-0.15, -0.1) is 0 Å². The van der Waals surface area contributed by atoms with Crippen LogP contribution < -0.4 is 10.2 Å². The molecule has 10 heteroatoms. The van der Waals surface area contributed by atoms with Crippen molar-refractivity contribution in [3.05, 3.63) is 118 Å². The van der Waals surface area contributed by atoms with E-state index in [2.05, 4.69) is 5.32 Å². The largest absolute Gasteiger partial charge is 0.507 e. The van der Waals surface area contributed by atoms with Crippen LogP contribution in [0.1, 0.15) is 87.2 Å². The lowest BCUT2D eigenvalue weighted by molar-refractivity contribution is 0.00598. The van der Waals surface area contributed by atoms with E-state index < -0.39 is 28.9 Å². The van der Waals surface area contributed by atoms with Gasteiger partial charge in [0.15, 0.2) is 11.6 Å². The average Bonchev–Trinajstić information content (AvgIpc) is 3.10. The zero-order valence-corrected chi connectivity index (χ0v) is 28.4. The highest BCUT2D eigenvalue weighted by molar-refractivity contribution is 6.16.